The van der Waals surface area contributed by atoms with Gasteiger partial charge in [-0.05, 0) is 48.9 Å². The number of nitrogens with zero attached hydrogens (tertiary/aromatic N) is 1. The molecule has 7 heteroatoms. The smallest absolute Gasteiger partial charge is 0.327 e. The summed E-state index contributed by atoms with van der Waals surface area (Å²) in [4.78, 5) is 25.9. The van der Waals surface area contributed by atoms with Crippen LogP contribution in [0.15, 0.2) is 42.5 Å². The minimum absolute atomic E-state index is 0.281. The normalized spacial score (nSPS) is 26.1. The molecule has 3 rings (SSSR count). The summed E-state index contributed by atoms with van der Waals surface area (Å²) in [7, 11) is 1.19. The second-order valence-corrected chi connectivity index (χ2v) is 7.83. The molecule has 0 bridgehead atoms. The zero-order chi connectivity index (χ0) is 20.0. The van der Waals surface area contributed by atoms with Crippen LogP contribution in [0.1, 0.15) is 28.8 Å². The van der Waals surface area contributed by atoms with Gasteiger partial charge < -0.3 is 4.74 Å². The molecule has 0 spiro atoms. The van der Waals surface area contributed by atoms with Crippen molar-refractivity contribution < 1.29 is 14.3 Å². The highest BCUT2D eigenvalue weighted by atomic mass is 35.5. The molecular formula is C20H14Cl3NO3. The Bertz CT molecular complexity index is 983. The van der Waals surface area contributed by atoms with Crippen LogP contribution in [-0.2, 0) is 9.53 Å². The lowest BCUT2D eigenvalue weighted by Crippen LogP contribution is -2.27. The summed E-state index contributed by atoms with van der Waals surface area (Å²) >= 11 is 18.2. The van der Waals surface area contributed by atoms with Crippen LogP contribution in [0.5, 0.6) is 0 Å². The Kier molecular flexibility index (Phi) is 4.98. The molecule has 0 radical (unpaired) electrons. The maximum Gasteiger partial charge on any atom is 0.327 e. The van der Waals surface area contributed by atoms with Crippen molar-refractivity contribution in [2.75, 3.05) is 7.11 Å². The quantitative estimate of drug-likeness (QED) is 0.494. The van der Waals surface area contributed by atoms with E-state index in [1.54, 1.807) is 43.3 Å². The van der Waals surface area contributed by atoms with Crippen LogP contribution in [0.3, 0.4) is 0 Å². The van der Waals surface area contributed by atoms with Gasteiger partial charge in [0.1, 0.15) is 0 Å². The van der Waals surface area contributed by atoms with Crippen LogP contribution in [0.25, 0.3) is 0 Å². The Morgan fingerprint density at radius 2 is 1.67 bits per heavy atom. The monoisotopic (exact) mass is 421 g/mol. The van der Waals surface area contributed by atoms with Crippen LogP contribution < -0.4 is 0 Å². The Hall–Kier alpha value is -2.06. The van der Waals surface area contributed by atoms with Crippen LogP contribution in [0.2, 0.25) is 15.1 Å². The molecule has 4 nitrogen and oxygen atoms in total. The van der Waals surface area contributed by atoms with Crippen molar-refractivity contribution in [3.05, 3.63) is 68.7 Å². The number of hydrogen-bond acceptors (Lipinski definition) is 4. The van der Waals surface area contributed by atoms with E-state index in [4.69, 9.17) is 39.5 Å². The fourth-order valence-corrected chi connectivity index (χ4v) is 4.47. The van der Waals surface area contributed by atoms with Gasteiger partial charge in [-0.25, -0.2) is 0 Å². The number of rotatable bonds is 4. The number of esters is 1. The molecule has 1 aliphatic rings. The number of carbonyl (C=O) groups is 2. The summed E-state index contributed by atoms with van der Waals surface area (Å²) in [6, 6.07) is 13.1. The third kappa shape index (κ3) is 2.73. The van der Waals surface area contributed by atoms with E-state index in [9.17, 15) is 14.9 Å². The number of ether oxygens (including phenoxy) is 1. The molecule has 1 saturated carbocycles. The zero-order valence-corrected chi connectivity index (χ0v) is 16.7. The van der Waals surface area contributed by atoms with Gasteiger partial charge in [0.05, 0.1) is 18.6 Å². The lowest BCUT2D eigenvalue weighted by Gasteiger charge is -2.13. The van der Waals surface area contributed by atoms with Crippen molar-refractivity contribution in [2.45, 2.75) is 12.8 Å². The Morgan fingerprint density at radius 3 is 2.19 bits per heavy atom. The van der Waals surface area contributed by atoms with Gasteiger partial charge >= 0.3 is 5.97 Å². The van der Waals surface area contributed by atoms with Gasteiger partial charge in [0.15, 0.2) is 11.2 Å². The molecule has 1 aliphatic carbocycles. The molecule has 27 heavy (non-hydrogen) atoms. The Balaban J connectivity index is 2.18. The third-order valence-corrected chi connectivity index (χ3v) is 6.10. The summed E-state index contributed by atoms with van der Waals surface area (Å²) in [5.74, 6) is -1.90. The molecule has 2 aromatic rings. The molecule has 3 unspecified atom stereocenters. The number of halogens is 3. The van der Waals surface area contributed by atoms with E-state index in [0.717, 1.165) is 0 Å². The van der Waals surface area contributed by atoms with E-state index < -0.39 is 22.7 Å². The fourth-order valence-electron chi connectivity index (χ4n) is 3.83. The summed E-state index contributed by atoms with van der Waals surface area (Å²) in [6.45, 7) is 1.58. The highest BCUT2D eigenvalue weighted by Gasteiger charge is 2.84. The molecule has 1 fully saturated rings. The molecule has 138 valence electrons. The van der Waals surface area contributed by atoms with Gasteiger partial charge in [-0.2, -0.15) is 5.26 Å². The van der Waals surface area contributed by atoms with Crippen molar-refractivity contribution in [3.8, 4) is 6.07 Å². The van der Waals surface area contributed by atoms with Gasteiger partial charge in [0.25, 0.3) is 0 Å². The van der Waals surface area contributed by atoms with E-state index in [1.165, 1.54) is 13.2 Å². The lowest BCUT2D eigenvalue weighted by atomic mass is 9.87. The van der Waals surface area contributed by atoms with E-state index in [0.29, 0.717) is 21.2 Å². The van der Waals surface area contributed by atoms with Crippen molar-refractivity contribution in [1.29, 1.82) is 5.26 Å². The van der Waals surface area contributed by atoms with E-state index in [2.05, 4.69) is 0 Å². The molecule has 0 N–H and O–H groups in total. The zero-order valence-electron chi connectivity index (χ0n) is 14.4. The molecule has 0 heterocycles. The second kappa shape index (κ2) is 6.83. The molecule has 0 amide bonds. The molecule has 0 aromatic heterocycles. The van der Waals surface area contributed by atoms with Crippen molar-refractivity contribution >= 4 is 46.6 Å². The first-order valence-corrected chi connectivity index (χ1v) is 9.12. The number of hydrogen-bond donors (Lipinski definition) is 0. The lowest BCUT2D eigenvalue weighted by molar-refractivity contribution is -0.145. The first-order chi connectivity index (χ1) is 12.7. The van der Waals surface area contributed by atoms with Crippen LogP contribution in [0, 0.1) is 22.2 Å². The number of Topliss-reactive ketones (excluding diaryl/α,β-unsaturated/α-hetero) is 1. The van der Waals surface area contributed by atoms with Crippen LogP contribution in [0.4, 0.5) is 0 Å². The maximum atomic E-state index is 13.3. The fraction of sp³-hybridized carbons (Fsp3) is 0.250. The summed E-state index contributed by atoms with van der Waals surface area (Å²) in [6.07, 6.45) is 0. The summed E-state index contributed by atoms with van der Waals surface area (Å²) in [5, 5.41) is 11.1. The van der Waals surface area contributed by atoms with E-state index in [-0.39, 0.29) is 10.8 Å². The SMILES string of the molecule is COC(=O)C1(C#N)C(c2ccc(Cl)cc2Cl)C1(C)C(=O)c1ccc(Cl)cc1. The Morgan fingerprint density at radius 1 is 1.07 bits per heavy atom. The molecule has 0 aliphatic heterocycles. The molecular weight excluding hydrogens is 409 g/mol. The molecule has 2 aromatic carbocycles. The van der Waals surface area contributed by atoms with Gasteiger partial charge in [0.2, 0.25) is 0 Å². The van der Waals surface area contributed by atoms with Crippen LogP contribution in [-0.4, -0.2) is 18.9 Å². The predicted molar refractivity (Wildman–Crippen MR) is 103 cm³/mol. The van der Waals surface area contributed by atoms with E-state index in [1.807, 2.05) is 6.07 Å². The minimum Gasteiger partial charge on any atom is -0.468 e. The van der Waals surface area contributed by atoms with Crippen LogP contribution >= 0.6 is 34.8 Å². The van der Waals surface area contributed by atoms with Gasteiger partial charge in [-0.1, -0.05) is 40.9 Å². The maximum absolute atomic E-state index is 13.3. The average molecular weight is 423 g/mol. The first kappa shape index (κ1) is 19.7. The number of carbonyl (C=O) groups excluding carboxylic acids is 2. The van der Waals surface area contributed by atoms with Crippen molar-refractivity contribution in [3.63, 3.8) is 0 Å². The highest BCUT2D eigenvalue weighted by molar-refractivity contribution is 6.35. The molecule has 0 saturated heterocycles. The van der Waals surface area contributed by atoms with Crippen molar-refractivity contribution in [1.82, 2.24) is 0 Å². The number of ketones is 1. The minimum atomic E-state index is -1.68. The standard InChI is InChI=1S/C20H14Cl3NO3/c1-19(17(25)11-3-5-12(21)6-4-11)16(20(19,10-24)18(26)27-2)14-8-7-13(22)9-15(14)23/h3-9,16H,1-2H3. The third-order valence-electron chi connectivity index (χ3n) is 5.28. The number of methoxy groups -OCH3 is 1. The van der Waals surface area contributed by atoms with Gasteiger partial charge in [-0.15, -0.1) is 0 Å². The average Bonchev–Trinajstić information content (AvgIpc) is 3.22. The predicted octanol–water partition coefficient (Wildman–Crippen LogP) is 5.32. The summed E-state index contributed by atoms with van der Waals surface area (Å²) in [5.41, 5.74) is -2.19. The molecule has 3 atom stereocenters. The van der Waals surface area contributed by atoms with Gasteiger partial charge in [-0.3, -0.25) is 9.59 Å². The largest absolute Gasteiger partial charge is 0.468 e. The topological polar surface area (TPSA) is 67.2 Å². The Labute approximate surface area is 171 Å². The second-order valence-electron chi connectivity index (χ2n) is 6.55. The number of nitriles is 1. The van der Waals surface area contributed by atoms with Crippen molar-refractivity contribution in [2.24, 2.45) is 10.8 Å². The van der Waals surface area contributed by atoms with E-state index >= 15 is 0 Å². The number of benzene rings is 2. The first-order valence-electron chi connectivity index (χ1n) is 7.99. The summed E-state index contributed by atoms with van der Waals surface area (Å²) < 4.78 is 4.88. The van der Waals surface area contributed by atoms with Gasteiger partial charge in [0, 0.05) is 26.5 Å². The highest BCUT2D eigenvalue weighted by Crippen LogP contribution is 2.76.